The molecular weight excluding hydrogens is 427 g/mol. The summed E-state index contributed by atoms with van der Waals surface area (Å²) in [5.41, 5.74) is 2.64. The molecule has 2 saturated heterocycles. The van der Waals surface area contributed by atoms with Crippen molar-refractivity contribution >= 4 is 35.6 Å². The predicted octanol–water partition coefficient (Wildman–Crippen LogP) is 2.95. The van der Waals surface area contributed by atoms with Crippen LogP contribution in [0.5, 0.6) is 0 Å². The number of ether oxygens (including phenoxy) is 1. The highest BCUT2D eigenvalue weighted by atomic mass is 127. The SMILES string of the molecule is CN=C(NCc1ccccc1N1CCOCC1)N1CCC(C)CC1.I. The van der Waals surface area contributed by atoms with Gasteiger partial charge in [-0.05, 0) is 30.4 Å². The number of para-hydroxylation sites is 1. The summed E-state index contributed by atoms with van der Waals surface area (Å²) in [6, 6.07) is 8.67. The zero-order valence-corrected chi connectivity index (χ0v) is 17.7. The number of morpholine rings is 1. The van der Waals surface area contributed by atoms with Crippen LogP contribution in [0.3, 0.4) is 0 Å². The minimum absolute atomic E-state index is 0. The molecule has 2 aliphatic heterocycles. The Morgan fingerprint density at radius 2 is 1.84 bits per heavy atom. The number of nitrogens with one attached hydrogen (secondary N) is 1. The maximum Gasteiger partial charge on any atom is 0.193 e. The van der Waals surface area contributed by atoms with Gasteiger partial charge in [-0.3, -0.25) is 4.99 Å². The van der Waals surface area contributed by atoms with Crippen LogP contribution in [-0.2, 0) is 11.3 Å². The Hall–Kier alpha value is -1.02. The van der Waals surface area contributed by atoms with E-state index in [9.17, 15) is 0 Å². The molecule has 0 amide bonds. The number of anilines is 1. The van der Waals surface area contributed by atoms with Crippen LogP contribution in [0.25, 0.3) is 0 Å². The van der Waals surface area contributed by atoms with Crippen molar-refractivity contribution < 1.29 is 4.74 Å². The molecule has 0 unspecified atom stereocenters. The molecule has 2 aliphatic rings. The maximum absolute atomic E-state index is 5.48. The second kappa shape index (κ2) is 10.2. The molecule has 0 spiro atoms. The standard InChI is InChI=1S/C19H30N4O.HI/c1-16-7-9-23(10-8-16)19(20-2)21-15-17-5-3-4-6-18(17)22-11-13-24-14-12-22;/h3-6,16H,7-15H2,1-2H3,(H,20,21);1H. The van der Waals surface area contributed by atoms with Gasteiger partial charge in [-0.15, -0.1) is 24.0 Å². The third kappa shape index (κ3) is 5.48. The first-order valence-corrected chi connectivity index (χ1v) is 9.14. The topological polar surface area (TPSA) is 40.1 Å². The molecule has 0 radical (unpaired) electrons. The summed E-state index contributed by atoms with van der Waals surface area (Å²) in [6.07, 6.45) is 2.51. The van der Waals surface area contributed by atoms with Crippen molar-refractivity contribution in [2.45, 2.75) is 26.3 Å². The van der Waals surface area contributed by atoms with Crippen LogP contribution in [0.4, 0.5) is 5.69 Å². The Balaban J connectivity index is 0.00000225. The molecule has 1 aromatic rings. The summed E-state index contributed by atoms with van der Waals surface area (Å²) in [5, 5.41) is 3.57. The van der Waals surface area contributed by atoms with Gasteiger partial charge in [-0.25, -0.2) is 0 Å². The zero-order valence-electron chi connectivity index (χ0n) is 15.4. The molecule has 2 fully saturated rings. The van der Waals surface area contributed by atoms with Crippen LogP contribution in [0.15, 0.2) is 29.3 Å². The molecule has 5 nitrogen and oxygen atoms in total. The second-order valence-corrected chi connectivity index (χ2v) is 6.80. The molecule has 0 bridgehead atoms. The first kappa shape index (κ1) is 20.3. The number of halogens is 1. The van der Waals surface area contributed by atoms with Gasteiger partial charge in [-0.2, -0.15) is 0 Å². The number of hydrogen-bond acceptors (Lipinski definition) is 3. The van der Waals surface area contributed by atoms with E-state index in [4.69, 9.17) is 4.74 Å². The van der Waals surface area contributed by atoms with Crippen LogP contribution >= 0.6 is 24.0 Å². The molecule has 0 saturated carbocycles. The summed E-state index contributed by atoms with van der Waals surface area (Å²) < 4.78 is 5.48. The number of hydrogen-bond donors (Lipinski definition) is 1. The minimum atomic E-state index is 0. The number of guanidine groups is 1. The third-order valence-corrected chi connectivity index (χ3v) is 5.08. The van der Waals surface area contributed by atoms with E-state index in [0.717, 1.165) is 57.8 Å². The summed E-state index contributed by atoms with van der Waals surface area (Å²) in [5.74, 6) is 1.86. The van der Waals surface area contributed by atoms with E-state index >= 15 is 0 Å². The molecule has 3 rings (SSSR count). The van der Waals surface area contributed by atoms with Gasteiger partial charge < -0.3 is 19.9 Å². The highest BCUT2D eigenvalue weighted by Crippen LogP contribution is 2.22. The van der Waals surface area contributed by atoms with Crippen LogP contribution in [0, 0.1) is 5.92 Å². The van der Waals surface area contributed by atoms with Crippen molar-refractivity contribution in [3.05, 3.63) is 29.8 Å². The number of benzene rings is 1. The van der Waals surface area contributed by atoms with E-state index in [1.807, 2.05) is 7.05 Å². The fourth-order valence-corrected chi connectivity index (χ4v) is 3.50. The fourth-order valence-electron chi connectivity index (χ4n) is 3.50. The van der Waals surface area contributed by atoms with Crippen molar-refractivity contribution in [1.82, 2.24) is 10.2 Å². The van der Waals surface area contributed by atoms with Gasteiger partial charge >= 0.3 is 0 Å². The summed E-state index contributed by atoms with van der Waals surface area (Å²) >= 11 is 0. The van der Waals surface area contributed by atoms with Gasteiger partial charge in [0.2, 0.25) is 0 Å². The highest BCUT2D eigenvalue weighted by Gasteiger charge is 2.19. The molecule has 0 aromatic heterocycles. The summed E-state index contributed by atoms with van der Waals surface area (Å²) in [4.78, 5) is 9.30. The van der Waals surface area contributed by atoms with Crippen LogP contribution in [0.2, 0.25) is 0 Å². The van der Waals surface area contributed by atoms with E-state index in [1.165, 1.54) is 24.1 Å². The smallest absolute Gasteiger partial charge is 0.193 e. The lowest BCUT2D eigenvalue weighted by Gasteiger charge is -2.33. The fraction of sp³-hybridized carbons (Fsp3) is 0.632. The lowest BCUT2D eigenvalue weighted by atomic mass is 9.99. The molecule has 25 heavy (non-hydrogen) atoms. The molecule has 0 atom stereocenters. The Labute approximate surface area is 168 Å². The predicted molar refractivity (Wildman–Crippen MR) is 115 cm³/mol. The second-order valence-electron chi connectivity index (χ2n) is 6.80. The van der Waals surface area contributed by atoms with Crippen molar-refractivity contribution in [2.24, 2.45) is 10.9 Å². The van der Waals surface area contributed by atoms with Crippen molar-refractivity contribution in [3.63, 3.8) is 0 Å². The van der Waals surface area contributed by atoms with Crippen molar-refractivity contribution in [2.75, 3.05) is 51.3 Å². The van der Waals surface area contributed by atoms with Crippen LogP contribution < -0.4 is 10.2 Å². The molecule has 1 N–H and O–H groups in total. The van der Waals surface area contributed by atoms with Crippen molar-refractivity contribution in [3.8, 4) is 0 Å². The summed E-state index contributed by atoms with van der Waals surface area (Å²) in [7, 11) is 1.88. The maximum atomic E-state index is 5.48. The van der Waals surface area contributed by atoms with E-state index in [1.54, 1.807) is 0 Å². The van der Waals surface area contributed by atoms with E-state index in [0.29, 0.717) is 0 Å². The van der Waals surface area contributed by atoms with Gasteiger partial charge in [0.15, 0.2) is 5.96 Å². The number of likely N-dealkylation sites (tertiary alicyclic amines) is 1. The highest BCUT2D eigenvalue weighted by molar-refractivity contribution is 14.0. The number of rotatable bonds is 3. The van der Waals surface area contributed by atoms with Gasteiger partial charge in [0.25, 0.3) is 0 Å². The molecular formula is C19H31IN4O. The third-order valence-electron chi connectivity index (χ3n) is 5.08. The summed E-state index contributed by atoms with van der Waals surface area (Å²) in [6.45, 7) is 8.92. The van der Waals surface area contributed by atoms with E-state index < -0.39 is 0 Å². The molecule has 0 aliphatic carbocycles. The first-order chi connectivity index (χ1) is 11.8. The molecule has 6 heteroatoms. The lowest BCUT2D eigenvalue weighted by molar-refractivity contribution is 0.122. The van der Waals surface area contributed by atoms with Gasteiger partial charge in [0.1, 0.15) is 0 Å². The molecule has 140 valence electrons. The molecule has 1 aromatic carbocycles. The zero-order chi connectivity index (χ0) is 16.8. The van der Waals surface area contributed by atoms with E-state index in [2.05, 4.69) is 51.3 Å². The Kier molecular flexibility index (Phi) is 8.29. The van der Waals surface area contributed by atoms with Gasteiger partial charge in [0.05, 0.1) is 13.2 Å². The first-order valence-electron chi connectivity index (χ1n) is 9.14. The average Bonchev–Trinajstić information content (AvgIpc) is 2.64. The minimum Gasteiger partial charge on any atom is -0.378 e. The quantitative estimate of drug-likeness (QED) is 0.430. The van der Waals surface area contributed by atoms with Gasteiger partial charge in [0, 0.05) is 45.5 Å². The number of aliphatic imine (C=N–C) groups is 1. The normalized spacial score (nSPS) is 19.5. The van der Waals surface area contributed by atoms with Crippen LogP contribution in [0.1, 0.15) is 25.3 Å². The van der Waals surface area contributed by atoms with Crippen molar-refractivity contribution in [1.29, 1.82) is 0 Å². The number of piperidine rings is 1. The monoisotopic (exact) mass is 458 g/mol. The van der Waals surface area contributed by atoms with Gasteiger partial charge in [-0.1, -0.05) is 25.1 Å². The number of nitrogens with zero attached hydrogens (tertiary/aromatic N) is 3. The molecule has 2 heterocycles. The Bertz CT molecular complexity index is 552. The largest absolute Gasteiger partial charge is 0.378 e. The van der Waals surface area contributed by atoms with Crippen LogP contribution in [-0.4, -0.2) is 57.3 Å². The Morgan fingerprint density at radius 3 is 2.52 bits per heavy atom. The van der Waals surface area contributed by atoms with E-state index in [-0.39, 0.29) is 24.0 Å². The Morgan fingerprint density at radius 1 is 1.16 bits per heavy atom. The lowest BCUT2D eigenvalue weighted by Crippen LogP contribution is -2.45. The average molecular weight is 458 g/mol.